The van der Waals surface area contributed by atoms with Gasteiger partial charge in [-0.15, -0.1) is 0 Å². The minimum absolute atomic E-state index is 0.0631. The summed E-state index contributed by atoms with van der Waals surface area (Å²) in [6.07, 6.45) is 5.66. The van der Waals surface area contributed by atoms with Gasteiger partial charge in [-0.05, 0) is 24.5 Å². The third kappa shape index (κ3) is 2.63. The molecule has 1 unspecified atom stereocenters. The Balaban J connectivity index is 1.72. The van der Waals surface area contributed by atoms with Crippen molar-refractivity contribution in [3.05, 3.63) is 41.7 Å². The number of para-hydroxylation sites is 1. The van der Waals surface area contributed by atoms with Crippen LogP contribution in [0.15, 0.2) is 30.6 Å². The van der Waals surface area contributed by atoms with Gasteiger partial charge in [-0.3, -0.25) is 4.68 Å². The summed E-state index contributed by atoms with van der Waals surface area (Å²) in [4.78, 5) is 0. The van der Waals surface area contributed by atoms with E-state index in [2.05, 4.69) is 5.10 Å². The van der Waals surface area contributed by atoms with Gasteiger partial charge in [0.1, 0.15) is 13.2 Å². The summed E-state index contributed by atoms with van der Waals surface area (Å²) in [5.41, 5.74) is 8.53. The van der Waals surface area contributed by atoms with E-state index in [4.69, 9.17) is 15.2 Å². The summed E-state index contributed by atoms with van der Waals surface area (Å²) >= 11 is 0. The van der Waals surface area contributed by atoms with E-state index in [0.29, 0.717) is 13.2 Å². The number of ether oxygens (including phenoxy) is 2. The molecule has 106 valence electrons. The van der Waals surface area contributed by atoms with Crippen molar-refractivity contribution in [1.82, 2.24) is 9.78 Å². The van der Waals surface area contributed by atoms with Crippen LogP contribution in [0.1, 0.15) is 23.6 Å². The van der Waals surface area contributed by atoms with Gasteiger partial charge in [0.15, 0.2) is 11.5 Å². The van der Waals surface area contributed by atoms with Gasteiger partial charge < -0.3 is 15.2 Å². The summed E-state index contributed by atoms with van der Waals surface area (Å²) in [5.74, 6) is 1.60. The first-order valence-electron chi connectivity index (χ1n) is 6.85. The Bertz CT molecular complexity index is 595. The number of rotatable bonds is 4. The second-order valence-corrected chi connectivity index (χ2v) is 5.04. The molecule has 5 nitrogen and oxygen atoms in total. The Morgan fingerprint density at radius 2 is 2.20 bits per heavy atom. The molecule has 2 heterocycles. The monoisotopic (exact) mass is 273 g/mol. The Hall–Kier alpha value is -2.01. The van der Waals surface area contributed by atoms with Crippen molar-refractivity contribution in [3.8, 4) is 11.5 Å². The van der Waals surface area contributed by atoms with Crippen LogP contribution in [0.2, 0.25) is 0 Å². The van der Waals surface area contributed by atoms with Gasteiger partial charge in [0.2, 0.25) is 0 Å². The minimum Gasteiger partial charge on any atom is -0.486 e. The van der Waals surface area contributed by atoms with Crippen molar-refractivity contribution in [2.75, 3.05) is 13.2 Å². The van der Waals surface area contributed by atoms with Gasteiger partial charge in [-0.25, -0.2) is 0 Å². The van der Waals surface area contributed by atoms with Crippen molar-refractivity contribution < 1.29 is 9.47 Å². The maximum absolute atomic E-state index is 6.31. The molecule has 1 aromatic heterocycles. The summed E-state index contributed by atoms with van der Waals surface area (Å²) in [6.45, 7) is 1.18. The number of fused-ring (bicyclic) bond motifs is 1. The normalized spacial score (nSPS) is 15.1. The average Bonchev–Trinajstić information content (AvgIpc) is 2.90. The molecule has 20 heavy (non-hydrogen) atoms. The van der Waals surface area contributed by atoms with Gasteiger partial charge in [0.05, 0.1) is 6.20 Å². The first-order valence-corrected chi connectivity index (χ1v) is 6.85. The lowest BCUT2D eigenvalue weighted by molar-refractivity contribution is 0.169. The van der Waals surface area contributed by atoms with E-state index in [1.165, 1.54) is 5.56 Å². The highest BCUT2D eigenvalue weighted by atomic mass is 16.6. The van der Waals surface area contributed by atoms with Gasteiger partial charge in [-0.1, -0.05) is 12.1 Å². The third-order valence-corrected chi connectivity index (χ3v) is 3.50. The molecule has 1 aliphatic heterocycles. The highest BCUT2D eigenvalue weighted by Crippen LogP contribution is 2.37. The average molecular weight is 273 g/mol. The number of hydrogen-bond donors (Lipinski definition) is 1. The molecule has 0 spiro atoms. The molecule has 1 aromatic carbocycles. The van der Waals surface area contributed by atoms with E-state index in [1.807, 2.05) is 42.3 Å². The van der Waals surface area contributed by atoms with Crippen LogP contribution >= 0.6 is 0 Å². The lowest BCUT2D eigenvalue weighted by Gasteiger charge is -2.23. The molecule has 5 heteroatoms. The van der Waals surface area contributed by atoms with Crippen LogP contribution in [0, 0.1) is 0 Å². The van der Waals surface area contributed by atoms with Crippen LogP contribution in [-0.2, 0) is 13.5 Å². The van der Waals surface area contributed by atoms with Gasteiger partial charge in [0, 0.05) is 24.8 Å². The van der Waals surface area contributed by atoms with E-state index in [1.54, 1.807) is 0 Å². The fourth-order valence-electron chi connectivity index (χ4n) is 2.47. The molecule has 0 bridgehead atoms. The van der Waals surface area contributed by atoms with Crippen molar-refractivity contribution in [1.29, 1.82) is 0 Å². The summed E-state index contributed by atoms with van der Waals surface area (Å²) in [7, 11) is 1.92. The lowest BCUT2D eigenvalue weighted by atomic mass is 9.99. The SMILES string of the molecule is Cn1cc(CCC(N)c2cccc3c2OCCO3)cn1. The summed E-state index contributed by atoms with van der Waals surface area (Å²) in [5, 5.41) is 4.17. The zero-order valence-corrected chi connectivity index (χ0v) is 11.6. The molecule has 2 N–H and O–H groups in total. The Morgan fingerprint density at radius 1 is 1.35 bits per heavy atom. The van der Waals surface area contributed by atoms with Gasteiger partial charge in [-0.2, -0.15) is 5.10 Å². The molecule has 1 atom stereocenters. The first-order chi connectivity index (χ1) is 9.74. The van der Waals surface area contributed by atoms with Gasteiger partial charge >= 0.3 is 0 Å². The number of aromatic nitrogens is 2. The topological polar surface area (TPSA) is 62.3 Å². The molecule has 0 aliphatic carbocycles. The van der Waals surface area contributed by atoms with Crippen molar-refractivity contribution in [3.63, 3.8) is 0 Å². The maximum atomic E-state index is 6.31. The molecule has 1 aliphatic rings. The van der Waals surface area contributed by atoms with Crippen molar-refractivity contribution in [2.45, 2.75) is 18.9 Å². The predicted molar refractivity (Wildman–Crippen MR) is 75.9 cm³/mol. The maximum Gasteiger partial charge on any atom is 0.166 e. The molecule has 2 aromatic rings. The molecule has 0 saturated heterocycles. The Labute approximate surface area is 118 Å². The van der Waals surface area contributed by atoms with Crippen LogP contribution in [0.5, 0.6) is 11.5 Å². The fraction of sp³-hybridized carbons (Fsp3) is 0.400. The molecule has 0 saturated carbocycles. The lowest BCUT2D eigenvalue weighted by Crippen LogP contribution is -2.19. The first kappa shape index (κ1) is 13.0. The molecular weight excluding hydrogens is 254 g/mol. The summed E-state index contributed by atoms with van der Waals surface area (Å²) < 4.78 is 13.1. The van der Waals surface area contributed by atoms with Crippen LogP contribution in [0.4, 0.5) is 0 Å². The van der Waals surface area contributed by atoms with E-state index in [0.717, 1.165) is 29.9 Å². The third-order valence-electron chi connectivity index (χ3n) is 3.50. The van der Waals surface area contributed by atoms with Crippen LogP contribution < -0.4 is 15.2 Å². The standard InChI is InChI=1S/C15H19N3O2/c1-18-10-11(9-17-18)5-6-13(16)12-3-2-4-14-15(12)20-8-7-19-14/h2-4,9-10,13H,5-8,16H2,1H3. The quantitative estimate of drug-likeness (QED) is 0.923. The zero-order valence-electron chi connectivity index (χ0n) is 11.6. The number of benzene rings is 1. The molecule has 3 rings (SSSR count). The number of hydrogen-bond acceptors (Lipinski definition) is 4. The fourth-order valence-corrected chi connectivity index (χ4v) is 2.47. The Morgan fingerprint density at radius 3 is 3.00 bits per heavy atom. The smallest absolute Gasteiger partial charge is 0.166 e. The van der Waals surface area contributed by atoms with E-state index >= 15 is 0 Å². The zero-order chi connectivity index (χ0) is 13.9. The second-order valence-electron chi connectivity index (χ2n) is 5.04. The van der Waals surface area contributed by atoms with Crippen LogP contribution in [0.3, 0.4) is 0 Å². The van der Waals surface area contributed by atoms with E-state index < -0.39 is 0 Å². The van der Waals surface area contributed by atoms with E-state index in [9.17, 15) is 0 Å². The number of nitrogens with two attached hydrogens (primary N) is 1. The van der Waals surface area contributed by atoms with Crippen LogP contribution in [0.25, 0.3) is 0 Å². The molecule has 0 fully saturated rings. The van der Waals surface area contributed by atoms with E-state index in [-0.39, 0.29) is 6.04 Å². The number of aryl methyl sites for hydroxylation is 2. The Kier molecular flexibility index (Phi) is 3.60. The van der Waals surface area contributed by atoms with Crippen LogP contribution in [-0.4, -0.2) is 23.0 Å². The number of nitrogens with zero attached hydrogens (tertiary/aromatic N) is 2. The molecule has 0 amide bonds. The predicted octanol–water partition coefficient (Wildman–Crippen LogP) is 1.82. The summed E-state index contributed by atoms with van der Waals surface area (Å²) in [6, 6.07) is 5.84. The highest BCUT2D eigenvalue weighted by molar-refractivity contribution is 5.48. The van der Waals surface area contributed by atoms with Gasteiger partial charge in [0.25, 0.3) is 0 Å². The second kappa shape index (κ2) is 5.54. The molecular formula is C15H19N3O2. The van der Waals surface area contributed by atoms with Crippen molar-refractivity contribution in [2.24, 2.45) is 12.8 Å². The van der Waals surface area contributed by atoms with Crippen molar-refractivity contribution >= 4 is 0 Å². The largest absolute Gasteiger partial charge is 0.486 e. The highest BCUT2D eigenvalue weighted by Gasteiger charge is 2.19. The molecule has 0 radical (unpaired) electrons. The minimum atomic E-state index is -0.0631.